The van der Waals surface area contributed by atoms with Crippen molar-refractivity contribution < 1.29 is 14.7 Å². The Bertz CT molecular complexity index is 416. The summed E-state index contributed by atoms with van der Waals surface area (Å²) in [6.45, 7) is 5.77. The van der Waals surface area contributed by atoms with Crippen LogP contribution in [0.3, 0.4) is 0 Å². The van der Waals surface area contributed by atoms with E-state index in [1.165, 1.54) is 6.42 Å². The van der Waals surface area contributed by atoms with Gasteiger partial charge >= 0.3 is 5.97 Å². The summed E-state index contributed by atoms with van der Waals surface area (Å²) in [5.74, 6) is -0.634. The lowest BCUT2D eigenvalue weighted by molar-refractivity contribution is -0.160. The maximum atomic E-state index is 12.9. The van der Waals surface area contributed by atoms with E-state index in [2.05, 4.69) is 0 Å². The molecule has 0 aromatic heterocycles. The Morgan fingerprint density at radius 1 is 1.14 bits per heavy atom. The summed E-state index contributed by atoms with van der Waals surface area (Å²) in [6, 6.07) is -1.29. The number of nitrogens with two attached hydrogens (primary N) is 1. The predicted octanol–water partition coefficient (Wildman–Crippen LogP) is 1.99. The van der Waals surface area contributed by atoms with Crippen molar-refractivity contribution in [2.24, 2.45) is 17.1 Å². The second kappa shape index (κ2) is 5.95. The second-order valence-electron chi connectivity index (χ2n) is 7.63. The zero-order chi connectivity index (χ0) is 15.8. The number of likely N-dealkylation sites (tertiary alicyclic amines) is 1. The number of carbonyl (C=O) groups is 2. The van der Waals surface area contributed by atoms with E-state index < -0.39 is 18.1 Å². The highest BCUT2D eigenvalue weighted by atomic mass is 16.4. The molecule has 1 saturated carbocycles. The molecular formula is C16H28N2O3. The highest BCUT2D eigenvalue weighted by Crippen LogP contribution is 2.39. The van der Waals surface area contributed by atoms with Crippen molar-refractivity contribution in [2.75, 3.05) is 0 Å². The lowest BCUT2D eigenvalue weighted by Gasteiger charge is -2.48. The topological polar surface area (TPSA) is 83.6 Å². The van der Waals surface area contributed by atoms with E-state index in [1.54, 1.807) is 4.90 Å². The van der Waals surface area contributed by atoms with Crippen molar-refractivity contribution in [3.05, 3.63) is 0 Å². The molecule has 5 nitrogen and oxygen atoms in total. The van der Waals surface area contributed by atoms with E-state index in [4.69, 9.17) is 5.73 Å². The lowest BCUT2D eigenvalue weighted by Crippen LogP contribution is -2.62. The number of piperidine rings is 1. The molecule has 4 atom stereocenters. The molecule has 1 saturated heterocycles. The smallest absolute Gasteiger partial charge is 0.326 e. The first-order valence-corrected chi connectivity index (χ1v) is 8.04. The van der Waals surface area contributed by atoms with E-state index in [0.717, 1.165) is 25.7 Å². The Labute approximate surface area is 126 Å². The molecule has 3 N–H and O–H groups in total. The van der Waals surface area contributed by atoms with E-state index in [-0.39, 0.29) is 17.4 Å². The summed E-state index contributed by atoms with van der Waals surface area (Å²) in [4.78, 5) is 26.1. The molecule has 120 valence electrons. The average Bonchev–Trinajstić information content (AvgIpc) is 2.43. The van der Waals surface area contributed by atoms with Crippen LogP contribution in [0.15, 0.2) is 0 Å². The molecule has 0 bridgehead atoms. The molecule has 2 rings (SSSR count). The van der Waals surface area contributed by atoms with Crippen LogP contribution in [0, 0.1) is 11.3 Å². The van der Waals surface area contributed by atoms with Gasteiger partial charge in [0, 0.05) is 6.04 Å². The molecule has 1 aliphatic heterocycles. The quantitative estimate of drug-likeness (QED) is 0.816. The summed E-state index contributed by atoms with van der Waals surface area (Å²) in [5.41, 5.74) is 5.77. The number of amides is 1. The molecule has 0 aromatic rings. The van der Waals surface area contributed by atoms with Gasteiger partial charge in [-0.3, -0.25) is 4.79 Å². The van der Waals surface area contributed by atoms with Gasteiger partial charge in [0.2, 0.25) is 5.91 Å². The van der Waals surface area contributed by atoms with Crippen LogP contribution < -0.4 is 5.73 Å². The van der Waals surface area contributed by atoms with Gasteiger partial charge in [-0.2, -0.15) is 0 Å². The van der Waals surface area contributed by atoms with Crippen molar-refractivity contribution in [1.82, 2.24) is 4.90 Å². The van der Waals surface area contributed by atoms with Crippen LogP contribution in [-0.4, -0.2) is 40.0 Å². The highest BCUT2D eigenvalue weighted by molar-refractivity contribution is 5.88. The van der Waals surface area contributed by atoms with Crippen LogP contribution in [0.4, 0.5) is 0 Å². The molecule has 1 aliphatic carbocycles. The van der Waals surface area contributed by atoms with Crippen LogP contribution >= 0.6 is 0 Å². The number of fused-ring (bicyclic) bond motifs is 1. The number of aliphatic carboxylic acids is 1. The van der Waals surface area contributed by atoms with Crippen LogP contribution in [0.1, 0.15) is 59.3 Å². The first kappa shape index (κ1) is 16.3. The Kier molecular flexibility index (Phi) is 4.61. The molecule has 2 fully saturated rings. The van der Waals surface area contributed by atoms with Gasteiger partial charge in [-0.25, -0.2) is 4.79 Å². The van der Waals surface area contributed by atoms with Crippen LogP contribution in [0.5, 0.6) is 0 Å². The van der Waals surface area contributed by atoms with Gasteiger partial charge < -0.3 is 15.7 Å². The summed E-state index contributed by atoms with van der Waals surface area (Å²) >= 11 is 0. The fourth-order valence-electron chi connectivity index (χ4n) is 3.72. The van der Waals surface area contributed by atoms with E-state index in [0.29, 0.717) is 12.3 Å². The SMILES string of the molecule is CC(C)(C)C(N)C(=O)N1C(C(=O)O)CCC2CCCCC21. The minimum absolute atomic E-state index is 0.0644. The minimum atomic E-state index is -0.895. The van der Waals surface area contributed by atoms with Gasteiger partial charge in [0.1, 0.15) is 6.04 Å². The number of nitrogens with zero attached hydrogens (tertiary/aromatic N) is 1. The van der Waals surface area contributed by atoms with Crippen molar-refractivity contribution >= 4 is 11.9 Å². The van der Waals surface area contributed by atoms with Gasteiger partial charge in [0.15, 0.2) is 0 Å². The Balaban J connectivity index is 2.28. The summed E-state index contributed by atoms with van der Waals surface area (Å²) in [6.07, 6.45) is 5.74. The number of carboxylic acids is 1. The van der Waals surface area contributed by atoms with Gasteiger partial charge in [0.25, 0.3) is 0 Å². The summed E-state index contributed by atoms with van der Waals surface area (Å²) in [7, 11) is 0. The highest BCUT2D eigenvalue weighted by Gasteiger charge is 2.46. The number of rotatable bonds is 2. The van der Waals surface area contributed by atoms with Crippen molar-refractivity contribution in [3.8, 4) is 0 Å². The molecule has 0 spiro atoms. The van der Waals surface area contributed by atoms with E-state index in [9.17, 15) is 14.7 Å². The van der Waals surface area contributed by atoms with E-state index >= 15 is 0 Å². The standard InChI is InChI=1S/C16H28N2O3/c1-16(2,3)13(17)14(19)18-11-7-5-4-6-10(11)8-9-12(18)15(20)21/h10-13H,4-9,17H2,1-3H3,(H,20,21). The summed E-state index contributed by atoms with van der Waals surface area (Å²) < 4.78 is 0. The third-order valence-electron chi connectivity index (χ3n) is 5.11. The normalized spacial score (nSPS) is 31.4. The lowest BCUT2D eigenvalue weighted by atomic mass is 9.75. The first-order chi connectivity index (χ1) is 9.73. The predicted molar refractivity (Wildman–Crippen MR) is 80.7 cm³/mol. The van der Waals surface area contributed by atoms with E-state index in [1.807, 2.05) is 20.8 Å². The van der Waals surface area contributed by atoms with Crippen LogP contribution in [0.2, 0.25) is 0 Å². The molecule has 2 aliphatic rings. The van der Waals surface area contributed by atoms with Crippen molar-refractivity contribution in [2.45, 2.75) is 77.4 Å². The molecule has 0 aromatic carbocycles. The van der Waals surface area contributed by atoms with Gasteiger partial charge in [-0.05, 0) is 37.0 Å². The Hall–Kier alpha value is -1.10. The van der Waals surface area contributed by atoms with Crippen LogP contribution in [0.25, 0.3) is 0 Å². The molecule has 4 unspecified atom stereocenters. The molecule has 1 amide bonds. The molecule has 1 heterocycles. The Morgan fingerprint density at radius 3 is 2.33 bits per heavy atom. The number of hydrogen-bond acceptors (Lipinski definition) is 3. The summed E-state index contributed by atoms with van der Waals surface area (Å²) in [5, 5.41) is 9.50. The number of carboxylic acid groups (broad SMARTS) is 1. The Morgan fingerprint density at radius 2 is 1.76 bits per heavy atom. The minimum Gasteiger partial charge on any atom is -0.480 e. The first-order valence-electron chi connectivity index (χ1n) is 8.04. The van der Waals surface area contributed by atoms with Crippen molar-refractivity contribution in [1.29, 1.82) is 0 Å². The molecule has 21 heavy (non-hydrogen) atoms. The second-order valence-corrected chi connectivity index (χ2v) is 7.63. The zero-order valence-corrected chi connectivity index (χ0v) is 13.3. The maximum Gasteiger partial charge on any atom is 0.326 e. The number of hydrogen-bond donors (Lipinski definition) is 2. The third-order valence-corrected chi connectivity index (χ3v) is 5.11. The number of carbonyl (C=O) groups excluding carboxylic acids is 1. The molecule has 5 heteroatoms. The fourth-order valence-corrected chi connectivity index (χ4v) is 3.72. The maximum absolute atomic E-state index is 12.9. The van der Waals surface area contributed by atoms with Gasteiger partial charge in [-0.1, -0.05) is 33.6 Å². The van der Waals surface area contributed by atoms with Crippen molar-refractivity contribution in [3.63, 3.8) is 0 Å². The monoisotopic (exact) mass is 296 g/mol. The fraction of sp³-hybridized carbons (Fsp3) is 0.875. The van der Waals surface area contributed by atoms with Crippen LogP contribution in [-0.2, 0) is 9.59 Å². The average molecular weight is 296 g/mol. The molecule has 0 radical (unpaired) electrons. The zero-order valence-electron chi connectivity index (χ0n) is 13.3. The van der Waals surface area contributed by atoms with Gasteiger partial charge in [-0.15, -0.1) is 0 Å². The third kappa shape index (κ3) is 3.23. The van der Waals surface area contributed by atoms with Gasteiger partial charge in [0.05, 0.1) is 6.04 Å². The molecular weight excluding hydrogens is 268 g/mol. The largest absolute Gasteiger partial charge is 0.480 e.